The summed E-state index contributed by atoms with van der Waals surface area (Å²) in [6, 6.07) is 19.3. The maximum absolute atomic E-state index is 11.9. The number of rotatable bonds is 8. The molecule has 1 aliphatic heterocycles. The first-order valence-corrected chi connectivity index (χ1v) is 10.9. The number of benzene rings is 2. The van der Waals surface area contributed by atoms with Crippen LogP contribution in [0.25, 0.3) is 0 Å². The van der Waals surface area contributed by atoms with E-state index in [4.69, 9.17) is 9.47 Å². The van der Waals surface area contributed by atoms with Gasteiger partial charge in [0.05, 0.1) is 12.7 Å². The highest BCUT2D eigenvalue weighted by Crippen LogP contribution is 2.30. The van der Waals surface area contributed by atoms with Crippen LogP contribution in [0, 0.1) is 0 Å². The third kappa shape index (κ3) is 6.07. The second kappa shape index (κ2) is 11.0. The van der Waals surface area contributed by atoms with Gasteiger partial charge in [-0.05, 0) is 49.3 Å². The van der Waals surface area contributed by atoms with Crippen molar-refractivity contribution in [2.45, 2.75) is 58.2 Å². The van der Waals surface area contributed by atoms with Crippen LogP contribution < -0.4 is 0 Å². The Morgan fingerprint density at radius 1 is 1.00 bits per heavy atom. The zero-order valence-corrected chi connectivity index (χ0v) is 17.7. The molecule has 0 saturated carbocycles. The van der Waals surface area contributed by atoms with Gasteiger partial charge >= 0.3 is 6.09 Å². The van der Waals surface area contributed by atoms with Crippen LogP contribution in [0.4, 0.5) is 4.79 Å². The number of amides is 1. The summed E-state index contributed by atoms with van der Waals surface area (Å²) in [6.07, 6.45) is 5.04. The highest BCUT2D eigenvalue weighted by atomic mass is 16.6. The molecule has 1 fully saturated rings. The Morgan fingerprint density at radius 2 is 1.66 bits per heavy atom. The molecule has 0 radical (unpaired) electrons. The molecule has 0 aliphatic carbocycles. The lowest BCUT2D eigenvalue weighted by atomic mass is 9.98. The van der Waals surface area contributed by atoms with E-state index in [1.165, 1.54) is 29.5 Å². The van der Waals surface area contributed by atoms with Crippen molar-refractivity contribution in [2.24, 2.45) is 0 Å². The summed E-state index contributed by atoms with van der Waals surface area (Å²) in [7, 11) is 0. The smallest absolute Gasteiger partial charge is 0.409 e. The fourth-order valence-electron chi connectivity index (χ4n) is 3.80. The van der Waals surface area contributed by atoms with Crippen molar-refractivity contribution in [3.8, 4) is 0 Å². The van der Waals surface area contributed by atoms with E-state index in [2.05, 4.69) is 55.5 Å². The molecule has 4 heteroatoms. The number of aryl methyl sites for hydroxylation is 1. The number of unbranched alkanes of at least 4 members (excludes halogenated alkanes) is 1. The van der Waals surface area contributed by atoms with Gasteiger partial charge < -0.3 is 14.4 Å². The third-order valence-electron chi connectivity index (χ3n) is 5.50. The number of hydrogen-bond acceptors (Lipinski definition) is 3. The predicted octanol–water partition coefficient (Wildman–Crippen LogP) is 5.76. The van der Waals surface area contributed by atoms with Crippen LogP contribution >= 0.6 is 0 Å². The van der Waals surface area contributed by atoms with Crippen molar-refractivity contribution in [2.75, 3.05) is 19.7 Å². The minimum atomic E-state index is -0.215. The Bertz CT molecular complexity index is 736. The van der Waals surface area contributed by atoms with E-state index in [0.717, 1.165) is 19.3 Å². The molecule has 1 heterocycles. The first kappa shape index (κ1) is 21.4. The van der Waals surface area contributed by atoms with Gasteiger partial charge in [0.2, 0.25) is 0 Å². The quantitative estimate of drug-likeness (QED) is 0.571. The number of hydrogen-bond donors (Lipinski definition) is 0. The van der Waals surface area contributed by atoms with Crippen molar-refractivity contribution < 1.29 is 14.3 Å². The fraction of sp³-hybridized carbons (Fsp3) is 0.480. The molecule has 0 N–H and O–H groups in total. The first-order chi connectivity index (χ1) is 14.2. The summed E-state index contributed by atoms with van der Waals surface area (Å²) < 4.78 is 11.7. The normalized spacial score (nSPS) is 15.9. The van der Waals surface area contributed by atoms with Crippen LogP contribution in [0.15, 0.2) is 54.6 Å². The summed E-state index contributed by atoms with van der Waals surface area (Å²) in [5.74, 6) is 0. The van der Waals surface area contributed by atoms with Gasteiger partial charge in [0.25, 0.3) is 0 Å². The average Bonchev–Trinajstić information content (AvgIpc) is 2.78. The number of likely N-dealkylation sites (tertiary alicyclic amines) is 1. The van der Waals surface area contributed by atoms with E-state index < -0.39 is 0 Å². The highest BCUT2D eigenvalue weighted by Gasteiger charge is 2.27. The lowest BCUT2D eigenvalue weighted by Gasteiger charge is -2.33. The standard InChI is InChI=1S/C25H33NO3/c1-3-5-9-20-12-14-22(15-13-20)24(21-10-7-6-8-11-21)29-23-16-18-26(19-17-23)25(27)28-4-2/h6-8,10-15,23-24H,3-5,9,16-19H2,1-2H3. The predicted molar refractivity (Wildman–Crippen MR) is 116 cm³/mol. The van der Waals surface area contributed by atoms with Gasteiger partial charge in [-0.1, -0.05) is 67.9 Å². The van der Waals surface area contributed by atoms with Gasteiger partial charge in [0, 0.05) is 13.1 Å². The number of carbonyl (C=O) groups is 1. The minimum Gasteiger partial charge on any atom is -0.450 e. The van der Waals surface area contributed by atoms with Crippen molar-refractivity contribution in [3.63, 3.8) is 0 Å². The van der Waals surface area contributed by atoms with Gasteiger partial charge in [0.1, 0.15) is 6.10 Å². The van der Waals surface area contributed by atoms with E-state index in [1.54, 1.807) is 4.90 Å². The second-order valence-corrected chi connectivity index (χ2v) is 7.66. The molecule has 0 bridgehead atoms. The van der Waals surface area contributed by atoms with Gasteiger partial charge in [-0.2, -0.15) is 0 Å². The lowest BCUT2D eigenvalue weighted by Crippen LogP contribution is -2.41. The molecular formula is C25H33NO3. The minimum absolute atomic E-state index is 0.0874. The number of nitrogens with zero attached hydrogens (tertiary/aromatic N) is 1. The Kier molecular flexibility index (Phi) is 8.12. The Morgan fingerprint density at radius 3 is 2.28 bits per heavy atom. The average molecular weight is 396 g/mol. The molecule has 2 aromatic rings. The van der Waals surface area contributed by atoms with E-state index >= 15 is 0 Å². The van der Waals surface area contributed by atoms with Gasteiger partial charge in [-0.3, -0.25) is 0 Å². The molecule has 1 atom stereocenters. The lowest BCUT2D eigenvalue weighted by molar-refractivity contribution is -0.0260. The molecule has 1 amide bonds. The molecule has 1 saturated heterocycles. The zero-order valence-electron chi connectivity index (χ0n) is 17.7. The Balaban J connectivity index is 1.68. The first-order valence-electron chi connectivity index (χ1n) is 10.9. The molecule has 1 unspecified atom stereocenters. The zero-order chi connectivity index (χ0) is 20.5. The van der Waals surface area contributed by atoms with Crippen molar-refractivity contribution in [3.05, 3.63) is 71.3 Å². The van der Waals surface area contributed by atoms with Gasteiger partial charge in [0.15, 0.2) is 0 Å². The molecule has 4 nitrogen and oxygen atoms in total. The van der Waals surface area contributed by atoms with E-state index in [0.29, 0.717) is 19.7 Å². The SMILES string of the molecule is CCCCc1ccc(C(OC2CCN(C(=O)OCC)CC2)c2ccccc2)cc1. The Labute approximate surface area is 174 Å². The fourth-order valence-corrected chi connectivity index (χ4v) is 3.80. The Hall–Kier alpha value is -2.33. The number of ether oxygens (including phenoxy) is 2. The van der Waals surface area contributed by atoms with Crippen molar-refractivity contribution >= 4 is 6.09 Å². The second-order valence-electron chi connectivity index (χ2n) is 7.66. The van der Waals surface area contributed by atoms with E-state index in [-0.39, 0.29) is 18.3 Å². The molecule has 1 aliphatic rings. The van der Waals surface area contributed by atoms with Gasteiger partial charge in [-0.25, -0.2) is 4.79 Å². The summed E-state index contributed by atoms with van der Waals surface area (Å²) in [5, 5.41) is 0. The maximum atomic E-state index is 11.9. The summed E-state index contributed by atoms with van der Waals surface area (Å²) >= 11 is 0. The molecular weight excluding hydrogens is 362 g/mol. The molecule has 3 rings (SSSR count). The van der Waals surface area contributed by atoms with Crippen LogP contribution in [-0.2, 0) is 15.9 Å². The summed E-state index contributed by atoms with van der Waals surface area (Å²) in [5.41, 5.74) is 3.73. The van der Waals surface area contributed by atoms with E-state index in [9.17, 15) is 4.79 Å². The van der Waals surface area contributed by atoms with Crippen LogP contribution in [0.1, 0.15) is 62.3 Å². The van der Waals surface area contributed by atoms with Crippen LogP contribution in [0.3, 0.4) is 0 Å². The van der Waals surface area contributed by atoms with Crippen molar-refractivity contribution in [1.82, 2.24) is 4.90 Å². The van der Waals surface area contributed by atoms with Crippen molar-refractivity contribution in [1.29, 1.82) is 0 Å². The molecule has 156 valence electrons. The summed E-state index contributed by atoms with van der Waals surface area (Å²) in [6.45, 7) is 5.84. The molecule has 2 aromatic carbocycles. The number of carbonyl (C=O) groups excluding carboxylic acids is 1. The topological polar surface area (TPSA) is 38.8 Å². The van der Waals surface area contributed by atoms with Crippen LogP contribution in [-0.4, -0.2) is 36.8 Å². The molecule has 29 heavy (non-hydrogen) atoms. The highest BCUT2D eigenvalue weighted by molar-refractivity contribution is 5.67. The maximum Gasteiger partial charge on any atom is 0.409 e. The number of piperidine rings is 1. The van der Waals surface area contributed by atoms with Crippen LogP contribution in [0.2, 0.25) is 0 Å². The van der Waals surface area contributed by atoms with Gasteiger partial charge in [-0.15, -0.1) is 0 Å². The third-order valence-corrected chi connectivity index (χ3v) is 5.50. The molecule has 0 aromatic heterocycles. The molecule has 0 spiro atoms. The van der Waals surface area contributed by atoms with E-state index in [1.807, 2.05) is 13.0 Å². The van der Waals surface area contributed by atoms with Crippen LogP contribution in [0.5, 0.6) is 0 Å². The summed E-state index contributed by atoms with van der Waals surface area (Å²) in [4.78, 5) is 13.7. The monoisotopic (exact) mass is 395 g/mol. The largest absolute Gasteiger partial charge is 0.450 e.